The molecule has 1 saturated heterocycles. The maximum Gasteiger partial charge on any atom is 0.129 e. The minimum absolute atomic E-state index is 0.130. The highest BCUT2D eigenvalue weighted by atomic mass is 19.1. The number of rotatable bonds is 7. The lowest BCUT2D eigenvalue weighted by atomic mass is 10.1. The zero-order valence-electron chi connectivity index (χ0n) is 12.5. The largest absolute Gasteiger partial charge is 0.376 e. The molecule has 1 aromatic rings. The van der Waals surface area contributed by atoms with Crippen molar-refractivity contribution in [2.24, 2.45) is 0 Å². The van der Waals surface area contributed by atoms with Crippen LogP contribution in [0.1, 0.15) is 32.3 Å². The maximum absolute atomic E-state index is 14.1. The van der Waals surface area contributed by atoms with Crippen molar-refractivity contribution >= 4 is 5.69 Å². The van der Waals surface area contributed by atoms with Crippen LogP contribution in [0.4, 0.5) is 10.1 Å². The zero-order valence-corrected chi connectivity index (χ0v) is 12.5. The van der Waals surface area contributed by atoms with Crippen LogP contribution in [0, 0.1) is 5.82 Å². The molecule has 1 fully saturated rings. The molecule has 0 amide bonds. The highest BCUT2D eigenvalue weighted by Gasteiger charge is 2.21. The molecule has 20 heavy (non-hydrogen) atoms. The third-order valence-corrected chi connectivity index (χ3v) is 3.82. The molecule has 0 aromatic heterocycles. The standard InChI is InChI=1S/C16H25FN2O/c1-3-18-11-14-15(17)8-5-9-16(14)19(4-2)12-13-7-6-10-20-13/h5,8-9,13,18H,3-4,6-7,10-12H2,1-2H3. The molecule has 0 aliphatic carbocycles. The van der Waals surface area contributed by atoms with E-state index >= 15 is 0 Å². The Labute approximate surface area is 121 Å². The van der Waals surface area contributed by atoms with Crippen molar-refractivity contribution < 1.29 is 9.13 Å². The predicted octanol–water partition coefficient (Wildman–Crippen LogP) is 2.94. The van der Waals surface area contributed by atoms with Gasteiger partial charge in [0.25, 0.3) is 0 Å². The van der Waals surface area contributed by atoms with Gasteiger partial charge in [-0.2, -0.15) is 0 Å². The van der Waals surface area contributed by atoms with Crippen molar-refractivity contribution in [3.8, 4) is 0 Å². The van der Waals surface area contributed by atoms with Crippen LogP contribution in [0.5, 0.6) is 0 Å². The van der Waals surface area contributed by atoms with E-state index in [1.165, 1.54) is 6.07 Å². The Bertz CT molecular complexity index is 419. The Balaban J connectivity index is 2.16. The summed E-state index contributed by atoms with van der Waals surface area (Å²) in [4.78, 5) is 2.23. The third-order valence-electron chi connectivity index (χ3n) is 3.82. The summed E-state index contributed by atoms with van der Waals surface area (Å²) in [7, 11) is 0. The first-order chi connectivity index (χ1) is 9.76. The Morgan fingerprint density at radius 1 is 1.40 bits per heavy atom. The van der Waals surface area contributed by atoms with Crippen LogP contribution in [-0.4, -0.2) is 32.3 Å². The fourth-order valence-corrected chi connectivity index (χ4v) is 2.70. The van der Waals surface area contributed by atoms with E-state index in [4.69, 9.17) is 4.74 Å². The molecular weight excluding hydrogens is 255 g/mol. The first kappa shape index (κ1) is 15.3. The molecule has 0 saturated carbocycles. The Hall–Kier alpha value is -1.13. The predicted molar refractivity (Wildman–Crippen MR) is 80.6 cm³/mol. The quantitative estimate of drug-likeness (QED) is 0.831. The molecule has 1 aromatic carbocycles. The van der Waals surface area contributed by atoms with Gasteiger partial charge in [-0.05, 0) is 38.4 Å². The lowest BCUT2D eigenvalue weighted by Crippen LogP contribution is -2.33. The van der Waals surface area contributed by atoms with E-state index in [1.807, 2.05) is 13.0 Å². The van der Waals surface area contributed by atoms with Crippen molar-refractivity contribution in [2.45, 2.75) is 39.3 Å². The summed E-state index contributed by atoms with van der Waals surface area (Å²) in [5.41, 5.74) is 1.75. The van der Waals surface area contributed by atoms with Gasteiger partial charge in [0.15, 0.2) is 0 Å². The Kier molecular flexibility index (Phi) is 5.80. The van der Waals surface area contributed by atoms with Crippen LogP contribution in [0.2, 0.25) is 0 Å². The molecule has 1 aliphatic rings. The lowest BCUT2D eigenvalue weighted by molar-refractivity contribution is 0.115. The lowest BCUT2D eigenvalue weighted by Gasteiger charge is -2.28. The average molecular weight is 280 g/mol. The summed E-state index contributed by atoms with van der Waals surface area (Å²) < 4.78 is 19.8. The fourth-order valence-electron chi connectivity index (χ4n) is 2.70. The number of hydrogen-bond acceptors (Lipinski definition) is 3. The summed E-state index contributed by atoms with van der Waals surface area (Å²) in [6, 6.07) is 5.34. The summed E-state index contributed by atoms with van der Waals surface area (Å²) in [6.45, 7) is 8.12. The van der Waals surface area contributed by atoms with E-state index in [0.717, 1.165) is 50.3 Å². The van der Waals surface area contributed by atoms with Gasteiger partial charge in [0, 0.05) is 37.5 Å². The van der Waals surface area contributed by atoms with Gasteiger partial charge < -0.3 is 15.0 Å². The van der Waals surface area contributed by atoms with E-state index in [2.05, 4.69) is 17.1 Å². The normalized spacial score (nSPS) is 18.4. The molecule has 1 heterocycles. The number of nitrogens with zero attached hydrogens (tertiary/aromatic N) is 1. The van der Waals surface area contributed by atoms with Crippen LogP contribution in [0.3, 0.4) is 0 Å². The van der Waals surface area contributed by atoms with Gasteiger partial charge in [0.05, 0.1) is 6.10 Å². The van der Waals surface area contributed by atoms with Crippen LogP contribution in [0.15, 0.2) is 18.2 Å². The molecule has 112 valence electrons. The molecule has 3 nitrogen and oxygen atoms in total. The highest BCUT2D eigenvalue weighted by Crippen LogP contribution is 2.25. The third kappa shape index (κ3) is 3.70. The molecule has 4 heteroatoms. The summed E-state index contributed by atoms with van der Waals surface area (Å²) in [5, 5.41) is 3.22. The van der Waals surface area contributed by atoms with Gasteiger partial charge in [-0.15, -0.1) is 0 Å². The van der Waals surface area contributed by atoms with Crippen molar-refractivity contribution in [3.63, 3.8) is 0 Å². The van der Waals surface area contributed by atoms with E-state index in [9.17, 15) is 4.39 Å². The Morgan fingerprint density at radius 3 is 2.90 bits per heavy atom. The molecule has 2 rings (SSSR count). The second-order valence-electron chi connectivity index (χ2n) is 5.19. The number of nitrogens with one attached hydrogen (secondary N) is 1. The number of likely N-dealkylation sites (N-methyl/N-ethyl adjacent to an activating group) is 1. The average Bonchev–Trinajstić information content (AvgIpc) is 2.96. The van der Waals surface area contributed by atoms with Crippen molar-refractivity contribution in [2.75, 3.05) is 31.1 Å². The van der Waals surface area contributed by atoms with Gasteiger partial charge in [-0.3, -0.25) is 0 Å². The van der Waals surface area contributed by atoms with Crippen LogP contribution < -0.4 is 10.2 Å². The summed E-state index contributed by atoms with van der Waals surface area (Å²) in [5.74, 6) is -0.130. The van der Waals surface area contributed by atoms with Crippen LogP contribution in [0.25, 0.3) is 0 Å². The molecule has 0 spiro atoms. The van der Waals surface area contributed by atoms with E-state index in [-0.39, 0.29) is 11.9 Å². The molecule has 0 bridgehead atoms. The zero-order chi connectivity index (χ0) is 14.4. The van der Waals surface area contributed by atoms with Gasteiger partial charge in [-0.25, -0.2) is 4.39 Å². The SMILES string of the molecule is CCNCc1c(F)cccc1N(CC)CC1CCCO1. The topological polar surface area (TPSA) is 24.5 Å². The number of anilines is 1. The second-order valence-corrected chi connectivity index (χ2v) is 5.19. The molecule has 1 aliphatic heterocycles. The molecule has 1 N–H and O–H groups in total. The van der Waals surface area contributed by atoms with E-state index in [0.29, 0.717) is 6.54 Å². The Morgan fingerprint density at radius 2 is 2.25 bits per heavy atom. The van der Waals surface area contributed by atoms with E-state index < -0.39 is 0 Å². The minimum atomic E-state index is -0.130. The fraction of sp³-hybridized carbons (Fsp3) is 0.625. The highest BCUT2D eigenvalue weighted by molar-refractivity contribution is 5.54. The maximum atomic E-state index is 14.1. The number of ether oxygens (including phenoxy) is 1. The monoisotopic (exact) mass is 280 g/mol. The number of benzene rings is 1. The van der Waals surface area contributed by atoms with Crippen LogP contribution in [-0.2, 0) is 11.3 Å². The van der Waals surface area contributed by atoms with Crippen molar-refractivity contribution in [3.05, 3.63) is 29.6 Å². The molecule has 1 unspecified atom stereocenters. The van der Waals surface area contributed by atoms with Gasteiger partial charge >= 0.3 is 0 Å². The van der Waals surface area contributed by atoms with Crippen molar-refractivity contribution in [1.82, 2.24) is 5.32 Å². The van der Waals surface area contributed by atoms with Crippen molar-refractivity contribution in [1.29, 1.82) is 0 Å². The van der Waals surface area contributed by atoms with Gasteiger partial charge in [0.2, 0.25) is 0 Å². The van der Waals surface area contributed by atoms with Gasteiger partial charge in [0.1, 0.15) is 5.82 Å². The number of halogens is 1. The first-order valence-corrected chi connectivity index (χ1v) is 7.60. The molecule has 0 radical (unpaired) electrons. The van der Waals surface area contributed by atoms with E-state index in [1.54, 1.807) is 6.07 Å². The summed E-state index contributed by atoms with van der Waals surface area (Å²) >= 11 is 0. The number of hydrogen-bond donors (Lipinski definition) is 1. The minimum Gasteiger partial charge on any atom is -0.376 e. The second kappa shape index (κ2) is 7.60. The van der Waals surface area contributed by atoms with Crippen LogP contribution >= 0.6 is 0 Å². The molecule has 1 atom stereocenters. The first-order valence-electron chi connectivity index (χ1n) is 7.60. The molecular formula is C16H25FN2O. The summed E-state index contributed by atoms with van der Waals surface area (Å²) in [6.07, 6.45) is 2.52. The smallest absolute Gasteiger partial charge is 0.129 e. The van der Waals surface area contributed by atoms with Gasteiger partial charge in [-0.1, -0.05) is 13.0 Å².